The van der Waals surface area contributed by atoms with Gasteiger partial charge in [0.05, 0.1) is 5.71 Å². The van der Waals surface area contributed by atoms with Gasteiger partial charge in [-0.2, -0.15) is 0 Å². The van der Waals surface area contributed by atoms with Crippen LogP contribution >= 0.6 is 0 Å². The molecule has 1 aliphatic rings. The van der Waals surface area contributed by atoms with Crippen molar-refractivity contribution in [1.29, 1.82) is 0 Å². The molecule has 0 fully saturated rings. The van der Waals surface area contributed by atoms with Gasteiger partial charge in [-0.3, -0.25) is 4.99 Å². The second-order valence-corrected chi connectivity index (χ2v) is 8.45. The predicted octanol–water partition coefficient (Wildman–Crippen LogP) is 6.07. The Kier molecular flexibility index (Phi) is 6.92. The summed E-state index contributed by atoms with van der Waals surface area (Å²) in [7, 11) is 0. The number of rotatable bonds is 8. The maximum Gasteiger partial charge on any atom is 0.148 e. The van der Waals surface area contributed by atoms with E-state index in [9.17, 15) is 0 Å². The number of benzene rings is 3. The van der Waals surface area contributed by atoms with E-state index < -0.39 is 0 Å². The molecule has 3 nitrogen and oxygen atoms in total. The molecule has 3 aromatic rings. The highest BCUT2D eigenvalue weighted by molar-refractivity contribution is 6.17. The normalized spacial score (nSPS) is 12.8. The molecule has 3 heteroatoms. The molecular weight excluding hydrogens is 392 g/mol. The maximum absolute atomic E-state index is 5.72. The van der Waals surface area contributed by atoms with E-state index in [0.717, 1.165) is 42.0 Å². The lowest BCUT2D eigenvalue weighted by molar-refractivity contribution is 0.370. The molecule has 4 rings (SSSR count). The van der Waals surface area contributed by atoms with Crippen molar-refractivity contribution in [3.05, 3.63) is 95.1 Å². The highest BCUT2D eigenvalue weighted by atomic mass is 16.5. The summed E-state index contributed by atoms with van der Waals surface area (Å²) in [5, 5.41) is 0. The van der Waals surface area contributed by atoms with Crippen LogP contribution in [0.4, 0.5) is 5.69 Å². The number of hydrogen-bond donors (Lipinski definition) is 0. The summed E-state index contributed by atoms with van der Waals surface area (Å²) in [6, 6.07) is 25.6. The molecule has 3 aromatic carbocycles. The van der Waals surface area contributed by atoms with Gasteiger partial charge in [-0.05, 0) is 48.1 Å². The van der Waals surface area contributed by atoms with Crippen molar-refractivity contribution in [2.75, 3.05) is 24.7 Å². The van der Waals surface area contributed by atoms with Crippen LogP contribution in [0.15, 0.2) is 77.8 Å². The van der Waals surface area contributed by atoms with Gasteiger partial charge in [0.25, 0.3) is 0 Å². The van der Waals surface area contributed by atoms with E-state index in [0.29, 0.717) is 12.6 Å². The van der Waals surface area contributed by atoms with Gasteiger partial charge in [0, 0.05) is 23.4 Å². The monoisotopic (exact) mass is 422 g/mol. The maximum atomic E-state index is 5.72. The van der Waals surface area contributed by atoms with Crippen molar-refractivity contribution in [2.45, 2.75) is 32.6 Å². The van der Waals surface area contributed by atoms with Crippen LogP contribution in [0.2, 0.25) is 0 Å². The van der Waals surface area contributed by atoms with Gasteiger partial charge >= 0.3 is 0 Å². The molecule has 0 amide bonds. The highest BCUT2D eigenvalue weighted by Gasteiger charge is 2.22. The van der Waals surface area contributed by atoms with Gasteiger partial charge in [-0.15, -0.1) is 6.42 Å². The van der Waals surface area contributed by atoms with Crippen molar-refractivity contribution in [3.8, 4) is 18.1 Å². The van der Waals surface area contributed by atoms with E-state index in [1.807, 2.05) is 6.07 Å². The number of ether oxygens (including phenoxy) is 1. The van der Waals surface area contributed by atoms with E-state index in [-0.39, 0.29) is 6.61 Å². The topological polar surface area (TPSA) is 24.8 Å². The Hall–Kier alpha value is -3.51. The van der Waals surface area contributed by atoms with E-state index >= 15 is 0 Å². The van der Waals surface area contributed by atoms with Gasteiger partial charge in [0.2, 0.25) is 0 Å². The Morgan fingerprint density at radius 1 is 1.03 bits per heavy atom. The first-order valence-corrected chi connectivity index (χ1v) is 11.3. The number of aliphatic imine (C=N–C) groups is 1. The summed E-state index contributed by atoms with van der Waals surface area (Å²) in [5.41, 5.74) is 7.15. The molecule has 0 aliphatic carbocycles. The lowest BCUT2D eigenvalue weighted by atomic mass is 9.95. The van der Waals surface area contributed by atoms with Gasteiger partial charge in [-0.25, -0.2) is 0 Å². The van der Waals surface area contributed by atoms with E-state index in [1.165, 1.54) is 16.8 Å². The number of aryl methyl sites for hydroxylation is 1. The predicted molar refractivity (Wildman–Crippen MR) is 134 cm³/mol. The van der Waals surface area contributed by atoms with Gasteiger partial charge in [-0.1, -0.05) is 74.4 Å². The summed E-state index contributed by atoms with van der Waals surface area (Å²) in [5.74, 6) is 3.83. The van der Waals surface area contributed by atoms with Crippen LogP contribution in [0.25, 0.3) is 0 Å². The molecule has 0 N–H and O–H groups in total. The smallest absolute Gasteiger partial charge is 0.148 e. The Morgan fingerprint density at radius 2 is 1.81 bits per heavy atom. The largest absolute Gasteiger partial charge is 0.481 e. The molecule has 0 unspecified atom stereocenters. The zero-order valence-electron chi connectivity index (χ0n) is 18.9. The molecule has 1 heterocycles. The van der Waals surface area contributed by atoms with Gasteiger partial charge < -0.3 is 9.64 Å². The third-order valence-corrected chi connectivity index (χ3v) is 5.87. The van der Waals surface area contributed by atoms with Crippen LogP contribution in [0.1, 0.15) is 48.4 Å². The molecule has 162 valence electrons. The van der Waals surface area contributed by atoms with Crippen molar-refractivity contribution in [2.24, 2.45) is 4.99 Å². The minimum absolute atomic E-state index is 0.259. The average molecular weight is 423 g/mol. The molecular formula is C29H30N2O. The number of anilines is 1. The van der Waals surface area contributed by atoms with Crippen molar-refractivity contribution >= 4 is 11.4 Å². The Morgan fingerprint density at radius 3 is 2.53 bits per heavy atom. The quantitative estimate of drug-likeness (QED) is 0.412. The molecule has 0 bridgehead atoms. The van der Waals surface area contributed by atoms with E-state index in [1.54, 1.807) is 0 Å². The molecule has 32 heavy (non-hydrogen) atoms. The van der Waals surface area contributed by atoms with E-state index in [2.05, 4.69) is 91.4 Å². The summed E-state index contributed by atoms with van der Waals surface area (Å²) in [6.07, 6.45) is 7.52. The van der Waals surface area contributed by atoms with Crippen LogP contribution in [0, 0.1) is 12.3 Å². The number of fused-ring (bicyclic) bond motifs is 1. The molecule has 0 spiro atoms. The van der Waals surface area contributed by atoms with Crippen molar-refractivity contribution in [1.82, 2.24) is 0 Å². The third-order valence-electron chi connectivity index (χ3n) is 5.87. The second-order valence-electron chi connectivity index (χ2n) is 8.45. The second kappa shape index (κ2) is 10.2. The van der Waals surface area contributed by atoms with Gasteiger partial charge in [0.15, 0.2) is 0 Å². The van der Waals surface area contributed by atoms with Crippen molar-refractivity contribution < 1.29 is 4.74 Å². The molecule has 0 aromatic heterocycles. The first-order valence-electron chi connectivity index (χ1n) is 11.3. The first kappa shape index (κ1) is 21.7. The van der Waals surface area contributed by atoms with Crippen LogP contribution < -0.4 is 9.64 Å². The fourth-order valence-corrected chi connectivity index (χ4v) is 4.10. The Balaban J connectivity index is 1.59. The van der Waals surface area contributed by atoms with Crippen LogP contribution in [-0.4, -0.2) is 25.5 Å². The number of terminal acetylenes is 1. The third kappa shape index (κ3) is 5.03. The summed E-state index contributed by atoms with van der Waals surface area (Å²) in [4.78, 5) is 7.35. The minimum Gasteiger partial charge on any atom is -0.481 e. The zero-order chi connectivity index (χ0) is 22.3. The minimum atomic E-state index is 0.259. The van der Waals surface area contributed by atoms with Crippen LogP contribution in [0.5, 0.6) is 5.75 Å². The summed E-state index contributed by atoms with van der Waals surface area (Å²) >= 11 is 0. The molecule has 0 saturated heterocycles. The summed E-state index contributed by atoms with van der Waals surface area (Å²) < 4.78 is 5.72. The lowest BCUT2D eigenvalue weighted by Crippen LogP contribution is -2.31. The zero-order valence-corrected chi connectivity index (χ0v) is 18.9. The molecule has 0 atom stereocenters. The summed E-state index contributed by atoms with van der Waals surface area (Å²) in [6.45, 7) is 6.30. The first-order chi connectivity index (χ1) is 15.7. The van der Waals surface area contributed by atoms with E-state index in [4.69, 9.17) is 16.2 Å². The molecule has 1 aliphatic heterocycles. The fourth-order valence-electron chi connectivity index (χ4n) is 4.10. The molecule has 0 saturated carbocycles. The Bertz CT molecular complexity index is 1110. The van der Waals surface area contributed by atoms with Crippen LogP contribution in [-0.2, 0) is 6.42 Å². The SMILES string of the molecule is C#CCOc1ccc2c(c1)C(c1ccc(C(C)C)cc1)=NCN2CCCc1ccccc1. The highest BCUT2D eigenvalue weighted by Crippen LogP contribution is 2.32. The fraction of sp³-hybridized carbons (Fsp3) is 0.276. The number of hydrogen-bond acceptors (Lipinski definition) is 3. The lowest BCUT2D eigenvalue weighted by Gasteiger charge is -2.30. The number of nitrogens with zero attached hydrogens (tertiary/aromatic N) is 2. The van der Waals surface area contributed by atoms with Gasteiger partial charge in [0.1, 0.15) is 19.0 Å². The standard InChI is InChI=1S/C29H30N2O/c1-4-19-32-26-16-17-28-27(20-26)29(25-14-12-24(13-15-25)22(2)3)30-21-31(28)18-8-11-23-9-6-5-7-10-23/h1,5-7,9-10,12-17,20,22H,8,11,18-19,21H2,2-3H3. The molecule has 0 radical (unpaired) electrons. The Labute approximate surface area is 191 Å². The van der Waals surface area contributed by atoms with Crippen molar-refractivity contribution in [3.63, 3.8) is 0 Å². The average Bonchev–Trinajstić information content (AvgIpc) is 2.83. The van der Waals surface area contributed by atoms with Crippen LogP contribution in [0.3, 0.4) is 0 Å².